The number of H-pyrrole nitrogens is 1. The van der Waals surface area contributed by atoms with Gasteiger partial charge in [0.2, 0.25) is 0 Å². The third kappa shape index (κ3) is 4.76. The summed E-state index contributed by atoms with van der Waals surface area (Å²) >= 11 is 0. The number of hydrogen-bond acceptors (Lipinski definition) is 4. The van der Waals surface area contributed by atoms with E-state index in [1.54, 1.807) is 0 Å². The Hall–Kier alpha value is -2.57. The fourth-order valence-electron chi connectivity index (χ4n) is 1.83. The highest BCUT2D eigenvalue weighted by atomic mass is 16.6. The largest absolute Gasteiger partial charge is 0.444 e. The van der Waals surface area contributed by atoms with E-state index < -0.39 is 11.7 Å². The summed E-state index contributed by atoms with van der Waals surface area (Å²) in [5, 5.41) is 8.72. The number of rotatable bonds is 4. The van der Waals surface area contributed by atoms with Gasteiger partial charge in [-0.25, -0.2) is 14.7 Å². The Bertz CT molecular complexity index is 680. The molecule has 0 spiro atoms. The molecule has 118 valence electrons. The second-order valence-corrected chi connectivity index (χ2v) is 5.96. The van der Waals surface area contributed by atoms with Gasteiger partial charge in [0.05, 0.1) is 6.54 Å². The van der Waals surface area contributed by atoms with Gasteiger partial charge in [0.1, 0.15) is 11.9 Å². The summed E-state index contributed by atoms with van der Waals surface area (Å²) in [6.45, 7) is 6.30. The lowest BCUT2D eigenvalue weighted by molar-refractivity contribution is 0.0523. The molecule has 7 heteroatoms. The first kappa shape index (κ1) is 15.8. The van der Waals surface area contributed by atoms with Crippen LogP contribution in [-0.4, -0.2) is 26.5 Å². The molecule has 0 saturated heterocycles. The van der Waals surface area contributed by atoms with E-state index in [0.717, 1.165) is 11.1 Å². The first-order valence-electron chi connectivity index (χ1n) is 6.98. The molecule has 0 aliphatic rings. The van der Waals surface area contributed by atoms with E-state index in [4.69, 9.17) is 4.74 Å². The van der Waals surface area contributed by atoms with Crippen molar-refractivity contribution in [1.82, 2.24) is 20.1 Å². The lowest BCUT2D eigenvalue weighted by atomic mass is 10.1. The number of aromatic amines is 1. The van der Waals surface area contributed by atoms with Gasteiger partial charge < -0.3 is 10.1 Å². The van der Waals surface area contributed by atoms with Crippen LogP contribution in [0.2, 0.25) is 0 Å². The number of ether oxygens (including phenoxy) is 1. The molecule has 1 aromatic heterocycles. The summed E-state index contributed by atoms with van der Waals surface area (Å²) in [7, 11) is 0. The zero-order valence-corrected chi connectivity index (χ0v) is 12.9. The summed E-state index contributed by atoms with van der Waals surface area (Å²) in [4.78, 5) is 22.9. The second-order valence-electron chi connectivity index (χ2n) is 5.96. The molecule has 22 heavy (non-hydrogen) atoms. The van der Waals surface area contributed by atoms with Crippen molar-refractivity contribution in [2.24, 2.45) is 0 Å². The predicted molar refractivity (Wildman–Crippen MR) is 81.5 cm³/mol. The first-order chi connectivity index (χ1) is 10.3. The molecule has 0 radical (unpaired) electrons. The SMILES string of the molecule is CC(C)(C)OC(=O)NCc1ccc(Cn2cn[nH]c2=O)cc1. The molecule has 0 unspecified atom stereocenters. The minimum absolute atomic E-state index is 0.240. The minimum Gasteiger partial charge on any atom is -0.444 e. The highest BCUT2D eigenvalue weighted by Crippen LogP contribution is 2.08. The van der Waals surface area contributed by atoms with Crippen LogP contribution in [0.5, 0.6) is 0 Å². The zero-order chi connectivity index (χ0) is 16.2. The molecule has 0 saturated carbocycles. The highest BCUT2D eigenvalue weighted by Gasteiger charge is 2.15. The Kier molecular flexibility index (Phi) is 4.65. The smallest absolute Gasteiger partial charge is 0.407 e. The molecule has 2 N–H and O–H groups in total. The van der Waals surface area contributed by atoms with Gasteiger partial charge in [0, 0.05) is 6.54 Å². The van der Waals surface area contributed by atoms with Crippen LogP contribution in [0.1, 0.15) is 31.9 Å². The molecule has 0 aliphatic carbocycles. The normalized spacial score (nSPS) is 11.2. The van der Waals surface area contributed by atoms with Crippen LogP contribution in [0.15, 0.2) is 35.4 Å². The summed E-state index contributed by atoms with van der Waals surface area (Å²) < 4.78 is 6.65. The monoisotopic (exact) mass is 304 g/mol. The third-order valence-corrected chi connectivity index (χ3v) is 2.83. The number of carbonyl (C=O) groups is 1. The number of nitrogens with zero attached hydrogens (tertiary/aromatic N) is 2. The molecule has 2 aromatic rings. The molecule has 1 aromatic carbocycles. The molecular weight excluding hydrogens is 284 g/mol. The van der Waals surface area contributed by atoms with Gasteiger partial charge in [0.15, 0.2) is 0 Å². The molecule has 0 fully saturated rings. The Balaban J connectivity index is 1.88. The van der Waals surface area contributed by atoms with Gasteiger partial charge in [-0.15, -0.1) is 0 Å². The van der Waals surface area contributed by atoms with E-state index in [1.165, 1.54) is 10.9 Å². The van der Waals surface area contributed by atoms with Crippen molar-refractivity contribution in [3.8, 4) is 0 Å². The predicted octanol–water partition coefficient (Wildman–Crippen LogP) is 1.64. The zero-order valence-electron chi connectivity index (χ0n) is 12.9. The maximum Gasteiger partial charge on any atom is 0.407 e. The number of alkyl carbamates (subject to hydrolysis) is 1. The van der Waals surface area contributed by atoms with Crippen LogP contribution in [-0.2, 0) is 17.8 Å². The minimum atomic E-state index is -0.508. The Morgan fingerprint density at radius 3 is 2.45 bits per heavy atom. The van der Waals surface area contributed by atoms with E-state index in [-0.39, 0.29) is 5.69 Å². The summed E-state index contributed by atoms with van der Waals surface area (Å²) in [5.41, 5.74) is 1.18. The number of carbonyl (C=O) groups excluding carboxylic acids is 1. The van der Waals surface area contributed by atoms with E-state index in [9.17, 15) is 9.59 Å². The summed E-state index contributed by atoms with van der Waals surface area (Å²) in [6.07, 6.45) is 1.02. The van der Waals surface area contributed by atoms with Gasteiger partial charge in [-0.3, -0.25) is 4.57 Å². The van der Waals surface area contributed by atoms with Crippen molar-refractivity contribution in [2.45, 2.75) is 39.5 Å². The van der Waals surface area contributed by atoms with Crippen LogP contribution in [0.3, 0.4) is 0 Å². The number of amides is 1. The fraction of sp³-hybridized carbons (Fsp3) is 0.400. The van der Waals surface area contributed by atoms with Crippen molar-refractivity contribution in [2.75, 3.05) is 0 Å². The molecule has 7 nitrogen and oxygen atoms in total. The van der Waals surface area contributed by atoms with Gasteiger partial charge >= 0.3 is 11.8 Å². The molecule has 0 aliphatic heterocycles. The fourth-order valence-corrected chi connectivity index (χ4v) is 1.83. The molecular formula is C15H20N4O3. The van der Waals surface area contributed by atoms with Crippen molar-refractivity contribution in [1.29, 1.82) is 0 Å². The standard InChI is InChI=1S/C15H20N4O3/c1-15(2,3)22-14(21)16-8-11-4-6-12(7-5-11)9-19-10-17-18-13(19)20/h4-7,10H,8-9H2,1-3H3,(H,16,21)(H,18,20). The van der Waals surface area contributed by atoms with Crippen LogP contribution in [0, 0.1) is 0 Å². The Morgan fingerprint density at radius 1 is 1.27 bits per heavy atom. The third-order valence-electron chi connectivity index (χ3n) is 2.83. The average molecular weight is 304 g/mol. The quantitative estimate of drug-likeness (QED) is 0.898. The van der Waals surface area contributed by atoms with Crippen LogP contribution in [0.4, 0.5) is 4.79 Å². The molecule has 0 bridgehead atoms. The van der Waals surface area contributed by atoms with Crippen molar-refractivity contribution < 1.29 is 9.53 Å². The number of hydrogen-bond donors (Lipinski definition) is 2. The van der Waals surface area contributed by atoms with E-state index in [1.807, 2.05) is 45.0 Å². The Morgan fingerprint density at radius 2 is 1.91 bits per heavy atom. The van der Waals surface area contributed by atoms with Crippen LogP contribution < -0.4 is 11.0 Å². The summed E-state index contributed by atoms with van der Waals surface area (Å²) in [6, 6.07) is 7.62. The Labute approximate surface area is 128 Å². The van der Waals surface area contributed by atoms with Gasteiger partial charge in [-0.05, 0) is 31.9 Å². The van der Waals surface area contributed by atoms with Crippen molar-refractivity contribution in [3.63, 3.8) is 0 Å². The number of aromatic nitrogens is 3. The van der Waals surface area contributed by atoms with Crippen LogP contribution >= 0.6 is 0 Å². The lowest BCUT2D eigenvalue weighted by Crippen LogP contribution is -2.32. The molecule has 1 heterocycles. The molecule has 1 amide bonds. The van der Waals surface area contributed by atoms with E-state index in [2.05, 4.69) is 15.5 Å². The number of nitrogens with one attached hydrogen (secondary N) is 2. The topological polar surface area (TPSA) is 89.0 Å². The second kappa shape index (κ2) is 6.46. The van der Waals surface area contributed by atoms with E-state index >= 15 is 0 Å². The van der Waals surface area contributed by atoms with Crippen LogP contribution in [0.25, 0.3) is 0 Å². The first-order valence-corrected chi connectivity index (χ1v) is 6.98. The maximum atomic E-state index is 11.6. The average Bonchev–Trinajstić information content (AvgIpc) is 2.82. The molecule has 0 atom stereocenters. The maximum absolute atomic E-state index is 11.6. The molecule has 2 rings (SSSR count). The lowest BCUT2D eigenvalue weighted by Gasteiger charge is -2.19. The van der Waals surface area contributed by atoms with Gasteiger partial charge in [-0.1, -0.05) is 24.3 Å². The van der Waals surface area contributed by atoms with Crippen molar-refractivity contribution >= 4 is 6.09 Å². The van der Waals surface area contributed by atoms with Crippen molar-refractivity contribution in [3.05, 3.63) is 52.2 Å². The highest BCUT2D eigenvalue weighted by molar-refractivity contribution is 5.67. The summed E-state index contributed by atoms with van der Waals surface area (Å²) in [5.74, 6) is 0. The van der Waals surface area contributed by atoms with E-state index in [0.29, 0.717) is 13.1 Å². The van der Waals surface area contributed by atoms with Gasteiger partial charge in [0.25, 0.3) is 0 Å². The number of benzene rings is 1. The van der Waals surface area contributed by atoms with Gasteiger partial charge in [-0.2, -0.15) is 5.10 Å².